The molecule has 0 aromatic rings. The van der Waals surface area contributed by atoms with E-state index in [4.69, 9.17) is 9.47 Å². The van der Waals surface area contributed by atoms with Crippen molar-refractivity contribution in [2.24, 2.45) is 0 Å². The van der Waals surface area contributed by atoms with Crippen molar-refractivity contribution in [1.82, 2.24) is 9.21 Å². The van der Waals surface area contributed by atoms with E-state index in [0.29, 0.717) is 32.7 Å². The number of sulfonamides is 1. The first kappa shape index (κ1) is 16.2. The van der Waals surface area contributed by atoms with Crippen LogP contribution in [-0.2, 0) is 24.3 Å². The maximum atomic E-state index is 12.5. The molecule has 8 heteroatoms. The number of carbonyl (C=O) groups excluding carboxylic acids is 1. The van der Waals surface area contributed by atoms with Gasteiger partial charge in [0.15, 0.2) is 0 Å². The van der Waals surface area contributed by atoms with Gasteiger partial charge in [-0.3, -0.25) is 4.79 Å². The second-order valence-corrected chi connectivity index (χ2v) is 8.50. The topological polar surface area (TPSA) is 76.2 Å². The Labute approximate surface area is 131 Å². The highest BCUT2D eigenvalue weighted by atomic mass is 32.2. The predicted octanol–water partition coefficient (Wildman–Crippen LogP) is -0.183. The van der Waals surface area contributed by atoms with Crippen LogP contribution in [0.4, 0.5) is 0 Å². The van der Waals surface area contributed by atoms with E-state index in [-0.39, 0.29) is 23.7 Å². The number of amides is 1. The Hall–Kier alpha value is -0.700. The molecule has 0 bridgehead atoms. The molecule has 1 amide bonds. The van der Waals surface area contributed by atoms with E-state index >= 15 is 0 Å². The largest absolute Gasteiger partial charge is 0.378 e. The summed E-state index contributed by atoms with van der Waals surface area (Å²) in [6.07, 6.45) is 4.31. The summed E-state index contributed by atoms with van der Waals surface area (Å²) in [5.41, 5.74) is -0.303. The van der Waals surface area contributed by atoms with Crippen LogP contribution in [-0.4, -0.2) is 80.9 Å². The Kier molecular flexibility index (Phi) is 4.22. The Morgan fingerprint density at radius 3 is 2.64 bits per heavy atom. The first-order chi connectivity index (χ1) is 10.3. The monoisotopic (exact) mass is 332 g/mol. The van der Waals surface area contributed by atoms with Crippen LogP contribution in [0.5, 0.6) is 0 Å². The van der Waals surface area contributed by atoms with Crippen molar-refractivity contribution in [2.75, 3.05) is 39.6 Å². The predicted molar refractivity (Wildman–Crippen MR) is 79.9 cm³/mol. The Morgan fingerprint density at radius 2 is 2.09 bits per heavy atom. The second kappa shape index (κ2) is 5.74. The summed E-state index contributed by atoms with van der Waals surface area (Å²) in [4.78, 5) is 14.3. The fourth-order valence-electron chi connectivity index (χ4n) is 3.68. The summed E-state index contributed by atoms with van der Waals surface area (Å²) in [5, 5.41) is 0. The standard InChI is InChI=1S/C14H24N2O5S/c1-20-14(4-3-5-14)8-13(17)15-9-11-12(10-15)21-7-6-16(11)22(2,18)19/h11-12H,3-10H2,1-2H3/t11-,12+/m1/s1. The van der Waals surface area contributed by atoms with Gasteiger partial charge in [0.25, 0.3) is 0 Å². The summed E-state index contributed by atoms with van der Waals surface area (Å²) in [7, 11) is -1.61. The third kappa shape index (κ3) is 2.89. The highest BCUT2D eigenvalue weighted by Crippen LogP contribution is 2.39. The van der Waals surface area contributed by atoms with Gasteiger partial charge in [-0.15, -0.1) is 0 Å². The van der Waals surface area contributed by atoms with Crippen LogP contribution in [0.15, 0.2) is 0 Å². The molecule has 2 heterocycles. The van der Waals surface area contributed by atoms with Crippen molar-refractivity contribution in [3.8, 4) is 0 Å². The van der Waals surface area contributed by atoms with E-state index in [0.717, 1.165) is 19.3 Å². The summed E-state index contributed by atoms with van der Waals surface area (Å²) in [6.45, 7) is 1.63. The molecule has 0 aromatic carbocycles. The number of rotatable bonds is 4. The molecule has 0 unspecified atom stereocenters. The molecule has 22 heavy (non-hydrogen) atoms. The van der Waals surface area contributed by atoms with Gasteiger partial charge in [0.2, 0.25) is 15.9 Å². The van der Waals surface area contributed by atoms with E-state index < -0.39 is 10.0 Å². The zero-order valence-corrected chi connectivity index (χ0v) is 14.0. The van der Waals surface area contributed by atoms with Crippen molar-refractivity contribution >= 4 is 15.9 Å². The highest BCUT2D eigenvalue weighted by molar-refractivity contribution is 7.88. The smallest absolute Gasteiger partial charge is 0.225 e. The number of likely N-dealkylation sites (tertiary alicyclic amines) is 1. The SMILES string of the molecule is COC1(CC(=O)N2C[C@@H]3OCCN(S(C)(=O)=O)[C@@H]3C2)CCC1. The fraction of sp³-hybridized carbons (Fsp3) is 0.929. The molecule has 2 atom stereocenters. The molecule has 1 saturated carbocycles. The summed E-state index contributed by atoms with van der Waals surface area (Å²) in [6, 6.07) is -0.257. The molecule has 0 aromatic heterocycles. The molecular weight excluding hydrogens is 308 g/mol. The minimum absolute atomic E-state index is 0.0352. The van der Waals surface area contributed by atoms with Gasteiger partial charge in [0.1, 0.15) is 0 Å². The van der Waals surface area contributed by atoms with Crippen molar-refractivity contribution in [2.45, 2.75) is 43.4 Å². The van der Waals surface area contributed by atoms with E-state index in [2.05, 4.69) is 0 Å². The Bertz CT molecular complexity index is 540. The number of fused-ring (bicyclic) bond motifs is 1. The molecule has 0 radical (unpaired) electrons. The summed E-state index contributed by atoms with van der Waals surface area (Å²) in [5.74, 6) is 0.0352. The first-order valence-electron chi connectivity index (χ1n) is 7.76. The van der Waals surface area contributed by atoms with Crippen molar-refractivity contribution in [3.63, 3.8) is 0 Å². The van der Waals surface area contributed by atoms with Crippen molar-refractivity contribution in [3.05, 3.63) is 0 Å². The third-order valence-corrected chi connectivity index (χ3v) is 6.51. The fourth-order valence-corrected chi connectivity index (χ4v) is 4.78. The lowest BCUT2D eigenvalue weighted by Gasteiger charge is -2.40. The lowest BCUT2D eigenvalue weighted by atomic mass is 9.77. The van der Waals surface area contributed by atoms with Crippen LogP contribution in [0.25, 0.3) is 0 Å². The zero-order valence-electron chi connectivity index (χ0n) is 13.2. The Morgan fingerprint density at radius 1 is 1.36 bits per heavy atom. The quantitative estimate of drug-likeness (QED) is 0.714. The van der Waals surface area contributed by atoms with Crippen LogP contribution in [0.2, 0.25) is 0 Å². The molecule has 126 valence electrons. The average molecular weight is 332 g/mol. The normalized spacial score (nSPS) is 31.6. The molecule has 3 aliphatic rings. The molecule has 3 rings (SSSR count). The van der Waals surface area contributed by atoms with E-state index in [1.165, 1.54) is 10.6 Å². The van der Waals surface area contributed by atoms with Gasteiger partial charge in [0, 0.05) is 26.7 Å². The van der Waals surface area contributed by atoms with Crippen molar-refractivity contribution < 1.29 is 22.7 Å². The molecule has 7 nitrogen and oxygen atoms in total. The van der Waals surface area contributed by atoms with Gasteiger partial charge >= 0.3 is 0 Å². The maximum absolute atomic E-state index is 12.5. The molecule has 2 saturated heterocycles. The average Bonchev–Trinajstić information content (AvgIpc) is 2.85. The summed E-state index contributed by atoms with van der Waals surface area (Å²) >= 11 is 0. The number of ether oxygens (including phenoxy) is 2. The van der Waals surface area contributed by atoms with E-state index in [1.807, 2.05) is 0 Å². The molecule has 0 spiro atoms. The lowest BCUT2D eigenvalue weighted by Crippen LogP contribution is -2.52. The van der Waals surface area contributed by atoms with Gasteiger partial charge in [0.05, 0.1) is 37.0 Å². The van der Waals surface area contributed by atoms with Gasteiger partial charge in [-0.05, 0) is 19.3 Å². The van der Waals surface area contributed by atoms with E-state index in [9.17, 15) is 13.2 Å². The minimum Gasteiger partial charge on any atom is -0.378 e. The number of morpholine rings is 1. The molecule has 2 aliphatic heterocycles. The molecule has 1 aliphatic carbocycles. The van der Waals surface area contributed by atoms with Gasteiger partial charge < -0.3 is 14.4 Å². The number of methoxy groups -OCH3 is 1. The van der Waals surface area contributed by atoms with E-state index in [1.54, 1.807) is 12.0 Å². The Balaban J connectivity index is 1.67. The van der Waals surface area contributed by atoms with Crippen LogP contribution in [0.1, 0.15) is 25.7 Å². The van der Waals surface area contributed by atoms with Crippen LogP contribution in [0.3, 0.4) is 0 Å². The first-order valence-corrected chi connectivity index (χ1v) is 9.61. The van der Waals surface area contributed by atoms with Crippen LogP contribution in [0, 0.1) is 0 Å². The third-order valence-electron chi connectivity index (χ3n) is 5.20. The minimum atomic E-state index is -3.27. The molecule has 3 fully saturated rings. The summed E-state index contributed by atoms with van der Waals surface area (Å²) < 4.78 is 36.4. The molecule has 0 N–H and O–H groups in total. The number of nitrogens with zero attached hydrogens (tertiary/aromatic N) is 2. The van der Waals surface area contributed by atoms with Crippen LogP contribution < -0.4 is 0 Å². The van der Waals surface area contributed by atoms with Gasteiger partial charge in [-0.25, -0.2) is 8.42 Å². The van der Waals surface area contributed by atoms with Gasteiger partial charge in [-0.1, -0.05) is 0 Å². The number of hydrogen-bond acceptors (Lipinski definition) is 5. The second-order valence-electron chi connectivity index (χ2n) is 6.57. The number of carbonyl (C=O) groups is 1. The zero-order chi connectivity index (χ0) is 16.0. The molecular formula is C14H24N2O5S. The highest BCUT2D eigenvalue weighted by Gasteiger charge is 2.47. The van der Waals surface area contributed by atoms with Crippen molar-refractivity contribution in [1.29, 1.82) is 0 Å². The number of hydrogen-bond donors (Lipinski definition) is 0. The van der Waals surface area contributed by atoms with Gasteiger partial charge in [-0.2, -0.15) is 4.31 Å². The van der Waals surface area contributed by atoms with Crippen LogP contribution >= 0.6 is 0 Å². The maximum Gasteiger partial charge on any atom is 0.225 e. The lowest BCUT2D eigenvalue weighted by molar-refractivity contribution is -0.143.